The minimum Gasteiger partial charge on any atom is -0.433 e. The Labute approximate surface area is 144 Å². The van der Waals surface area contributed by atoms with Gasteiger partial charge in [0.15, 0.2) is 0 Å². The SMILES string of the molecule is CCC[C@@H](C(=O)Nc1ccc(OC(F)F)c(Cl)c1)c1ccccc1. The number of ether oxygens (including phenoxy) is 1. The lowest BCUT2D eigenvalue weighted by molar-refractivity contribution is -0.117. The van der Waals surface area contributed by atoms with Gasteiger partial charge in [0.1, 0.15) is 5.75 Å². The number of carbonyl (C=O) groups is 1. The van der Waals surface area contributed by atoms with Crippen molar-refractivity contribution in [2.75, 3.05) is 5.32 Å². The molecule has 24 heavy (non-hydrogen) atoms. The van der Waals surface area contributed by atoms with Crippen LogP contribution in [0.2, 0.25) is 5.02 Å². The molecule has 2 rings (SSSR count). The first-order chi connectivity index (χ1) is 11.5. The smallest absolute Gasteiger partial charge is 0.387 e. The number of nitrogens with one attached hydrogen (secondary N) is 1. The Bertz CT molecular complexity index is 680. The number of halogens is 3. The molecule has 3 nitrogen and oxygen atoms in total. The van der Waals surface area contributed by atoms with Crippen molar-refractivity contribution in [3.05, 3.63) is 59.1 Å². The van der Waals surface area contributed by atoms with Gasteiger partial charge in [-0.05, 0) is 30.2 Å². The van der Waals surface area contributed by atoms with Crippen LogP contribution in [0.25, 0.3) is 0 Å². The van der Waals surface area contributed by atoms with Gasteiger partial charge in [0.2, 0.25) is 5.91 Å². The quantitative estimate of drug-likeness (QED) is 0.717. The zero-order valence-corrected chi connectivity index (χ0v) is 13.9. The predicted octanol–water partition coefficient (Wildman–Crippen LogP) is 5.46. The predicted molar refractivity (Wildman–Crippen MR) is 90.8 cm³/mol. The molecule has 0 aliphatic rings. The van der Waals surface area contributed by atoms with Crippen LogP contribution >= 0.6 is 11.6 Å². The zero-order valence-electron chi connectivity index (χ0n) is 13.1. The first kappa shape index (κ1) is 18.2. The first-order valence-corrected chi connectivity index (χ1v) is 7.99. The second kappa shape index (κ2) is 8.64. The molecular formula is C18H18ClF2NO2. The van der Waals surface area contributed by atoms with E-state index in [1.165, 1.54) is 18.2 Å². The Morgan fingerprint density at radius 2 is 1.92 bits per heavy atom. The van der Waals surface area contributed by atoms with Gasteiger partial charge in [-0.25, -0.2) is 0 Å². The van der Waals surface area contributed by atoms with E-state index in [1.807, 2.05) is 37.3 Å². The van der Waals surface area contributed by atoms with Crippen molar-refractivity contribution in [2.45, 2.75) is 32.3 Å². The molecule has 1 atom stereocenters. The van der Waals surface area contributed by atoms with Crippen LogP contribution in [0.15, 0.2) is 48.5 Å². The van der Waals surface area contributed by atoms with Gasteiger partial charge in [-0.15, -0.1) is 0 Å². The van der Waals surface area contributed by atoms with Crippen LogP contribution in [0.1, 0.15) is 31.2 Å². The standard InChI is InChI=1S/C18H18ClF2NO2/c1-2-6-14(12-7-4-3-5-8-12)17(23)22-13-9-10-16(15(19)11-13)24-18(20)21/h3-5,7-11,14,18H,2,6H2,1H3,(H,22,23)/t14-/m1/s1. The van der Waals surface area contributed by atoms with Crippen LogP contribution in [0.5, 0.6) is 5.75 Å². The summed E-state index contributed by atoms with van der Waals surface area (Å²) in [6, 6.07) is 13.7. The van der Waals surface area contributed by atoms with Crippen molar-refractivity contribution < 1.29 is 18.3 Å². The van der Waals surface area contributed by atoms with Gasteiger partial charge < -0.3 is 10.1 Å². The third kappa shape index (κ3) is 4.93. The van der Waals surface area contributed by atoms with E-state index in [-0.39, 0.29) is 22.6 Å². The monoisotopic (exact) mass is 353 g/mol. The van der Waals surface area contributed by atoms with Crippen molar-refractivity contribution in [3.8, 4) is 5.75 Å². The van der Waals surface area contributed by atoms with E-state index >= 15 is 0 Å². The van der Waals surface area contributed by atoms with E-state index in [1.54, 1.807) is 0 Å². The minimum absolute atomic E-state index is 0.0138. The molecule has 0 aliphatic heterocycles. The van der Waals surface area contributed by atoms with Gasteiger partial charge in [0.05, 0.1) is 10.9 Å². The van der Waals surface area contributed by atoms with Crippen molar-refractivity contribution in [3.63, 3.8) is 0 Å². The molecule has 1 amide bonds. The molecule has 0 unspecified atom stereocenters. The van der Waals surface area contributed by atoms with Crippen molar-refractivity contribution in [2.24, 2.45) is 0 Å². The van der Waals surface area contributed by atoms with E-state index in [0.717, 1.165) is 12.0 Å². The number of alkyl halides is 2. The van der Waals surface area contributed by atoms with Crippen LogP contribution in [0, 0.1) is 0 Å². The third-order valence-electron chi connectivity index (χ3n) is 3.51. The van der Waals surface area contributed by atoms with Crippen LogP contribution < -0.4 is 10.1 Å². The van der Waals surface area contributed by atoms with Crippen LogP contribution in [0.4, 0.5) is 14.5 Å². The summed E-state index contributed by atoms with van der Waals surface area (Å²) in [4.78, 5) is 12.6. The lowest BCUT2D eigenvalue weighted by Gasteiger charge is -2.17. The molecule has 0 saturated carbocycles. The summed E-state index contributed by atoms with van der Waals surface area (Å²) < 4.78 is 28.8. The van der Waals surface area contributed by atoms with Crippen molar-refractivity contribution >= 4 is 23.2 Å². The van der Waals surface area contributed by atoms with E-state index in [4.69, 9.17) is 11.6 Å². The van der Waals surface area contributed by atoms with E-state index in [2.05, 4.69) is 10.1 Å². The molecule has 0 spiro atoms. The molecule has 0 radical (unpaired) electrons. The Hall–Kier alpha value is -2.14. The molecule has 0 saturated heterocycles. The van der Waals surface area contributed by atoms with Gasteiger partial charge in [0, 0.05) is 5.69 Å². The molecule has 2 aromatic rings. The van der Waals surface area contributed by atoms with E-state index in [0.29, 0.717) is 12.1 Å². The second-order valence-electron chi connectivity index (χ2n) is 5.26. The maximum Gasteiger partial charge on any atom is 0.387 e. The number of hydrogen-bond acceptors (Lipinski definition) is 2. The molecular weight excluding hydrogens is 336 g/mol. The molecule has 6 heteroatoms. The van der Waals surface area contributed by atoms with Gasteiger partial charge in [-0.2, -0.15) is 8.78 Å². The molecule has 2 aromatic carbocycles. The fourth-order valence-corrected chi connectivity index (χ4v) is 2.65. The molecule has 0 aromatic heterocycles. The van der Waals surface area contributed by atoms with Crippen LogP contribution in [-0.4, -0.2) is 12.5 Å². The molecule has 0 bridgehead atoms. The highest BCUT2D eigenvalue weighted by Gasteiger charge is 2.20. The van der Waals surface area contributed by atoms with Crippen molar-refractivity contribution in [1.82, 2.24) is 0 Å². The fraction of sp³-hybridized carbons (Fsp3) is 0.278. The zero-order chi connectivity index (χ0) is 17.5. The molecule has 0 fully saturated rings. The number of hydrogen-bond donors (Lipinski definition) is 1. The Morgan fingerprint density at radius 3 is 2.50 bits per heavy atom. The van der Waals surface area contributed by atoms with Crippen LogP contribution in [-0.2, 0) is 4.79 Å². The highest BCUT2D eigenvalue weighted by molar-refractivity contribution is 6.32. The average Bonchev–Trinajstić information content (AvgIpc) is 2.55. The topological polar surface area (TPSA) is 38.3 Å². The molecule has 1 N–H and O–H groups in total. The number of amides is 1. The normalized spacial score (nSPS) is 12.0. The molecule has 128 valence electrons. The number of carbonyl (C=O) groups excluding carboxylic acids is 1. The van der Waals surface area contributed by atoms with Gasteiger partial charge in [-0.1, -0.05) is 55.3 Å². The first-order valence-electron chi connectivity index (χ1n) is 7.61. The third-order valence-corrected chi connectivity index (χ3v) is 3.81. The summed E-state index contributed by atoms with van der Waals surface area (Å²) in [5.74, 6) is -0.577. The highest BCUT2D eigenvalue weighted by Crippen LogP contribution is 2.30. The van der Waals surface area contributed by atoms with E-state index < -0.39 is 6.61 Å². The summed E-state index contributed by atoms with van der Waals surface area (Å²) in [6.07, 6.45) is 1.56. The maximum absolute atomic E-state index is 12.6. The van der Waals surface area contributed by atoms with Gasteiger partial charge in [0.25, 0.3) is 0 Å². The Kier molecular flexibility index (Phi) is 6.55. The maximum atomic E-state index is 12.6. The minimum atomic E-state index is -2.95. The summed E-state index contributed by atoms with van der Waals surface area (Å²) in [5.41, 5.74) is 1.37. The molecule has 0 aliphatic carbocycles. The summed E-state index contributed by atoms with van der Waals surface area (Å²) in [6.45, 7) is -0.939. The average molecular weight is 354 g/mol. The fourth-order valence-electron chi connectivity index (χ4n) is 2.42. The summed E-state index contributed by atoms with van der Waals surface area (Å²) in [5, 5.41) is 2.79. The molecule has 0 heterocycles. The number of anilines is 1. The highest BCUT2D eigenvalue weighted by atomic mass is 35.5. The van der Waals surface area contributed by atoms with Crippen LogP contribution in [0.3, 0.4) is 0 Å². The summed E-state index contributed by atoms with van der Waals surface area (Å²) >= 11 is 5.91. The van der Waals surface area contributed by atoms with Crippen molar-refractivity contribution in [1.29, 1.82) is 0 Å². The second-order valence-corrected chi connectivity index (χ2v) is 5.67. The summed E-state index contributed by atoms with van der Waals surface area (Å²) in [7, 11) is 0. The Morgan fingerprint density at radius 1 is 1.21 bits per heavy atom. The lowest BCUT2D eigenvalue weighted by atomic mass is 9.93. The van der Waals surface area contributed by atoms with E-state index in [9.17, 15) is 13.6 Å². The number of rotatable bonds is 7. The Balaban J connectivity index is 2.13. The van der Waals surface area contributed by atoms with Gasteiger partial charge >= 0.3 is 6.61 Å². The largest absolute Gasteiger partial charge is 0.433 e. The lowest BCUT2D eigenvalue weighted by Crippen LogP contribution is -2.21. The van der Waals surface area contributed by atoms with Gasteiger partial charge in [-0.3, -0.25) is 4.79 Å². The number of benzene rings is 2.